The molecule has 0 radical (unpaired) electrons. The molecular formula is C32H36N6O6. The number of carboxylic acid groups (broad SMARTS) is 1. The van der Waals surface area contributed by atoms with Crippen LogP contribution in [0.1, 0.15) is 48.1 Å². The smallest absolute Gasteiger partial charge is 0.408 e. The first-order valence-corrected chi connectivity index (χ1v) is 14.0. The van der Waals surface area contributed by atoms with Gasteiger partial charge in [0.05, 0.1) is 17.6 Å². The summed E-state index contributed by atoms with van der Waals surface area (Å²) < 4.78 is 5.08. The van der Waals surface area contributed by atoms with Crippen molar-refractivity contribution in [2.75, 3.05) is 6.54 Å². The Morgan fingerprint density at radius 3 is 2.25 bits per heavy atom. The third kappa shape index (κ3) is 9.31. The second-order valence-electron chi connectivity index (χ2n) is 11.2. The van der Waals surface area contributed by atoms with Crippen molar-refractivity contribution in [3.8, 4) is 0 Å². The van der Waals surface area contributed by atoms with Gasteiger partial charge in [0.15, 0.2) is 0 Å². The number of aliphatic carboxylic acids is 1. The highest BCUT2D eigenvalue weighted by Crippen LogP contribution is 2.15. The molecule has 0 spiro atoms. The molecule has 230 valence electrons. The Hall–Kier alpha value is -5.39. The van der Waals surface area contributed by atoms with Gasteiger partial charge in [0.2, 0.25) is 0 Å². The lowest BCUT2D eigenvalue weighted by Crippen LogP contribution is -2.48. The predicted octanol–water partition coefficient (Wildman–Crippen LogP) is 4.18. The SMILES string of the molecule is CC(C)(C)NC(=O)N(Cc1ccc(C(=O)NC[C@H](NC(=O)OCc2ccccc2)C(=O)O)cc1)Cc1nc2ccccc2[nH]1. The number of H-pyrrole nitrogens is 1. The van der Waals surface area contributed by atoms with Gasteiger partial charge in [-0.05, 0) is 56.2 Å². The van der Waals surface area contributed by atoms with Crippen molar-refractivity contribution in [2.24, 2.45) is 0 Å². The zero-order valence-corrected chi connectivity index (χ0v) is 24.8. The van der Waals surface area contributed by atoms with Gasteiger partial charge in [-0.1, -0.05) is 54.6 Å². The number of imidazole rings is 1. The lowest BCUT2D eigenvalue weighted by atomic mass is 10.1. The van der Waals surface area contributed by atoms with Gasteiger partial charge in [0.1, 0.15) is 18.5 Å². The van der Waals surface area contributed by atoms with Crippen molar-refractivity contribution >= 4 is 35.0 Å². The molecule has 0 fully saturated rings. The first-order valence-electron chi connectivity index (χ1n) is 14.0. The van der Waals surface area contributed by atoms with E-state index in [9.17, 15) is 24.3 Å². The molecule has 0 saturated carbocycles. The summed E-state index contributed by atoms with van der Waals surface area (Å²) >= 11 is 0. The largest absolute Gasteiger partial charge is 0.480 e. The molecule has 0 bridgehead atoms. The first kappa shape index (κ1) is 31.5. The fraction of sp³-hybridized carbons (Fsp3) is 0.281. The van der Waals surface area contributed by atoms with Crippen molar-refractivity contribution in [1.29, 1.82) is 0 Å². The fourth-order valence-corrected chi connectivity index (χ4v) is 4.25. The highest BCUT2D eigenvalue weighted by atomic mass is 16.5. The molecule has 0 aliphatic rings. The number of nitrogens with one attached hydrogen (secondary N) is 4. The Balaban J connectivity index is 1.35. The van der Waals surface area contributed by atoms with Crippen molar-refractivity contribution in [3.05, 3.63) is 101 Å². The molecule has 5 N–H and O–H groups in total. The van der Waals surface area contributed by atoms with Crippen LogP contribution in [0.2, 0.25) is 0 Å². The van der Waals surface area contributed by atoms with Crippen LogP contribution in [0.25, 0.3) is 11.0 Å². The molecule has 0 unspecified atom stereocenters. The summed E-state index contributed by atoms with van der Waals surface area (Å²) in [7, 11) is 0. The van der Waals surface area contributed by atoms with E-state index in [1.54, 1.807) is 53.4 Å². The zero-order chi connectivity index (χ0) is 31.7. The number of hydrogen-bond acceptors (Lipinski definition) is 6. The maximum atomic E-state index is 13.2. The van der Waals surface area contributed by atoms with E-state index in [4.69, 9.17) is 4.74 Å². The second-order valence-corrected chi connectivity index (χ2v) is 11.2. The molecular weight excluding hydrogens is 564 g/mol. The average molecular weight is 601 g/mol. The topological polar surface area (TPSA) is 166 Å². The third-order valence-corrected chi connectivity index (χ3v) is 6.41. The number of benzene rings is 3. The van der Waals surface area contributed by atoms with Gasteiger partial charge in [-0.3, -0.25) is 4.79 Å². The van der Waals surface area contributed by atoms with Gasteiger partial charge in [0.25, 0.3) is 5.91 Å². The minimum absolute atomic E-state index is 0.0225. The zero-order valence-electron chi connectivity index (χ0n) is 24.8. The van der Waals surface area contributed by atoms with Gasteiger partial charge in [0, 0.05) is 24.2 Å². The molecule has 1 heterocycles. The second kappa shape index (κ2) is 14.2. The maximum Gasteiger partial charge on any atom is 0.408 e. The van der Waals surface area contributed by atoms with Crippen LogP contribution in [-0.2, 0) is 29.2 Å². The quantitative estimate of drug-likeness (QED) is 0.172. The molecule has 0 aliphatic carbocycles. The van der Waals surface area contributed by atoms with Crippen molar-refractivity contribution < 1.29 is 29.0 Å². The molecule has 0 aliphatic heterocycles. The van der Waals surface area contributed by atoms with E-state index in [-0.39, 0.29) is 37.8 Å². The first-order chi connectivity index (χ1) is 21.0. The highest BCUT2D eigenvalue weighted by molar-refractivity contribution is 5.94. The standard InChI is InChI=1S/C32H36N6O6/c1-32(2,3)37-30(42)38(19-27-34-24-11-7-8-12-25(24)35-27)18-21-13-15-23(16-14-21)28(39)33-17-26(29(40)41)36-31(43)44-20-22-9-5-4-6-10-22/h4-16,26H,17-20H2,1-3H3,(H,33,39)(H,34,35)(H,36,43)(H,37,42)(H,40,41)/t26-/m0/s1. The maximum absolute atomic E-state index is 13.2. The Morgan fingerprint density at radius 1 is 0.909 bits per heavy atom. The fourth-order valence-electron chi connectivity index (χ4n) is 4.25. The van der Waals surface area contributed by atoms with E-state index in [0.29, 0.717) is 5.82 Å². The molecule has 1 aromatic heterocycles. The molecule has 0 saturated heterocycles. The van der Waals surface area contributed by atoms with E-state index in [2.05, 4.69) is 25.9 Å². The normalized spacial score (nSPS) is 11.8. The predicted molar refractivity (Wildman–Crippen MR) is 164 cm³/mol. The van der Waals surface area contributed by atoms with Crippen LogP contribution in [-0.4, -0.2) is 62.1 Å². The lowest BCUT2D eigenvalue weighted by molar-refractivity contribution is -0.139. The summed E-state index contributed by atoms with van der Waals surface area (Å²) in [5.74, 6) is -1.21. The van der Waals surface area contributed by atoms with Gasteiger partial charge < -0.3 is 35.7 Å². The summed E-state index contributed by atoms with van der Waals surface area (Å²) in [6.07, 6.45) is -0.914. The number of amides is 4. The van der Waals surface area contributed by atoms with E-state index in [1.165, 1.54) is 0 Å². The molecule has 3 aromatic carbocycles. The number of aromatic nitrogens is 2. The lowest BCUT2D eigenvalue weighted by Gasteiger charge is -2.28. The van der Waals surface area contributed by atoms with Crippen LogP contribution in [0.4, 0.5) is 9.59 Å². The summed E-state index contributed by atoms with van der Waals surface area (Å²) in [5.41, 5.74) is 3.03. The third-order valence-electron chi connectivity index (χ3n) is 6.41. The van der Waals surface area contributed by atoms with E-state index in [0.717, 1.165) is 22.2 Å². The molecule has 4 amide bonds. The number of aromatic amines is 1. The number of fused-ring (bicyclic) bond motifs is 1. The summed E-state index contributed by atoms with van der Waals surface area (Å²) in [4.78, 5) is 59.2. The highest BCUT2D eigenvalue weighted by Gasteiger charge is 2.23. The van der Waals surface area contributed by atoms with Crippen LogP contribution in [0, 0.1) is 0 Å². The number of carbonyl (C=O) groups excluding carboxylic acids is 3. The van der Waals surface area contributed by atoms with Crippen molar-refractivity contribution in [1.82, 2.24) is 30.8 Å². The number of nitrogens with zero attached hydrogens (tertiary/aromatic N) is 2. The number of urea groups is 1. The van der Waals surface area contributed by atoms with E-state index in [1.807, 2.05) is 51.1 Å². The summed E-state index contributed by atoms with van der Waals surface area (Å²) in [6.45, 7) is 5.80. The molecule has 44 heavy (non-hydrogen) atoms. The molecule has 4 aromatic rings. The van der Waals surface area contributed by atoms with Crippen LogP contribution in [0.5, 0.6) is 0 Å². The molecule has 4 rings (SSSR count). The number of alkyl carbamates (subject to hydrolysis) is 1. The number of carboxylic acids is 1. The van der Waals surface area contributed by atoms with Crippen molar-refractivity contribution in [2.45, 2.75) is 52.0 Å². The van der Waals surface area contributed by atoms with Crippen LogP contribution in [0.3, 0.4) is 0 Å². The number of ether oxygens (including phenoxy) is 1. The summed E-state index contributed by atoms with van der Waals surface area (Å²) in [5, 5.41) is 17.3. The molecule has 12 heteroatoms. The average Bonchev–Trinajstić information content (AvgIpc) is 3.40. The minimum Gasteiger partial charge on any atom is -0.480 e. The Morgan fingerprint density at radius 2 is 1.59 bits per heavy atom. The Labute approximate surface area is 254 Å². The van der Waals surface area contributed by atoms with Crippen LogP contribution in [0.15, 0.2) is 78.9 Å². The minimum atomic E-state index is -1.39. The number of para-hydroxylation sites is 2. The van der Waals surface area contributed by atoms with Crippen molar-refractivity contribution in [3.63, 3.8) is 0 Å². The van der Waals surface area contributed by atoms with Gasteiger partial charge >= 0.3 is 18.1 Å². The van der Waals surface area contributed by atoms with E-state index >= 15 is 0 Å². The molecule has 1 atom stereocenters. The number of rotatable bonds is 11. The van der Waals surface area contributed by atoms with Crippen LogP contribution >= 0.6 is 0 Å². The van der Waals surface area contributed by atoms with Gasteiger partial charge in [-0.15, -0.1) is 0 Å². The van der Waals surface area contributed by atoms with Crippen LogP contribution < -0.4 is 16.0 Å². The monoisotopic (exact) mass is 600 g/mol. The van der Waals surface area contributed by atoms with Gasteiger partial charge in [-0.25, -0.2) is 19.4 Å². The number of carbonyl (C=O) groups is 4. The number of hydrogen-bond donors (Lipinski definition) is 5. The Bertz CT molecular complexity index is 1560. The Kier molecular flexibility index (Phi) is 10.2. The van der Waals surface area contributed by atoms with E-state index < -0.39 is 29.6 Å². The van der Waals surface area contributed by atoms with Gasteiger partial charge in [-0.2, -0.15) is 0 Å². The summed E-state index contributed by atoms with van der Waals surface area (Å²) in [6, 6.07) is 21.5. The molecule has 12 nitrogen and oxygen atoms in total.